The van der Waals surface area contributed by atoms with Crippen LogP contribution >= 0.6 is 0 Å². The summed E-state index contributed by atoms with van der Waals surface area (Å²) in [7, 11) is 0. The van der Waals surface area contributed by atoms with Gasteiger partial charge in [-0.25, -0.2) is 0 Å². The molecule has 0 saturated heterocycles. The van der Waals surface area contributed by atoms with Gasteiger partial charge in [0.1, 0.15) is 12.4 Å². The molecule has 3 amide bonds. The normalized spacial score (nSPS) is 12.5. The van der Waals surface area contributed by atoms with Crippen LogP contribution in [0.3, 0.4) is 0 Å². The van der Waals surface area contributed by atoms with Gasteiger partial charge in [0, 0.05) is 23.4 Å². The zero-order valence-corrected chi connectivity index (χ0v) is 17.6. The van der Waals surface area contributed by atoms with Crippen molar-refractivity contribution < 1.29 is 24.0 Å². The average Bonchev–Trinajstić information content (AvgIpc) is 3.07. The molecule has 0 aromatic heterocycles. The first-order valence-corrected chi connectivity index (χ1v) is 10.1. The number of anilines is 1. The van der Waals surface area contributed by atoms with Crippen molar-refractivity contribution in [3.63, 3.8) is 0 Å². The molecule has 0 fully saturated rings. The lowest BCUT2D eigenvalue weighted by Gasteiger charge is -2.27. The molecule has 9 heteroatoms. The van der Waals surface area contributed by atoms with Gasteiger partial charge < -0.3 is 4.74 Å². The predicted octanol–water partition coefficient (Wildman–Crippen LogP) is 3.89. The number of nitro benzene ring substituents is 1. The molecule has 0 spiro atoms. The number of nitro groups is 1. The van der Waals surface area contributed by atoms with E-state index in [9.17, 15) is 24.5 Å². The fourth-order valence-corrected chi connectivity index (χ4v) is 3.57. The molecule has 1 aliphatic heterocycles. The molecule has 0 bridgehead atoms. The topological polar surface area (TPSA) is 110 Å². The number of hydrogen-bond acceptors (Lipinski definition) is 6. The van der Waals surface area contributed by atoms with Gasteiger partial charge in [0.05, 0.1) is 22.7 Å². The Labute approximate surface area is 189 Å². The highest BCUT2D eigenvalue weighted by atomic mass is 16.6. The van der Waals surface area contributed by atoms with Gasteiger partial charge in [-0.05, 0) is 49.4 Å². The van der Waals surface area contributed by atoms with Crippen molar-refractivity contribution in [2.24, 2.45) is 0 Å². The number of amides is 3. The van der Waals surface area contributed by atoms with Crippen LogP contribution in [0.4, 0.5) is 11.4 Å². The number of hydrogen-bond donors (Lipinski definition) is 0. The second-order valence-corrected chi connectivity index (χ2v) is 7.19. The molecular weight excluding hydrogens is 426 g/mol. The van der Waals surface area contributed by atoms with Crippen LogP contribution in [0.5, 0.6) is 5.75 Å². The standard InChI is InChI=1S/C24H19N3O6/c1-2-33-19-12-10-17(11-13-19)25(22(28)16-6-5-7-18(14-16)27(31)32)15-26-23(29)20-8-3-4-9-21(20)24(26)30/h3-14H,2,15H2,1H3. The third-order valence-electron chi connectivity index (χ3n) is 5.17. The number of ether oxygens (including phenoxy) is 1. The van der Waals surface area contributed by atoms with E-state index in [2.05, 4.69) is 0 Å². The maximum atomic E-state index is 13.4. The molecule has 0 unspecified atom stereocenters. The van der Waals surface area contributed by atoms with Crippen molar-refractivity contribution in [1.82, 2.24) is 4.90 Å². The van der Waals surface area contributed by atoms with Crippen LogP contribution in [0.25, 0.3) is 0 Å². The molecule has 1 heterocycles. The third-order valence-corrected chi connectivity index (χ3v) is 5.17. The molecule has 3 aromatic carbocycles. The minimum absolute atomic E-state index is 0.0506. The number of benzene rings is 3. The summed E-state index contributed by atoms with van der Waals surface area (Å²) in [5.74, 6) is -1.04. The molecule has 9 nitrogen and oxygen atoms in total. The van der Waals surface area contributed by atoms with Gasteiger partial charge in [-0.3, -0.25) is 34.3 Å². The zero-order valence-electron chi connectivity index (χ0n) is 17.6. The Morgan fingerprint density at radius 3 is 2.18 bits per heavy atom. The molecule has 166 valence electrons. The van der Waals surface area contributed by atoms with Crippen LogP contribution in [-0.2, 0) is 0 Å². The summed E-state index contributed by atoms with van der Waals surface area (Å²) in [6.07, 6.45) is 0. The number of carbonyl (C=O) groups excluding carboxylic acids is 3. The minimum atomic E-state index is -0.598. The lowest BCUT2D eigenvalue weighted by atomic mass is 10.1. The molecule has 0 radical (unpaired) electrons. The Hall–Kier alpha value is -4.53. The van der Waals surface area contributed by atoms with E-state index < -0.39 is 22.6 Å². The van der Waals surface area contributed by atoms with Gasteiger partial charge in [0.15, 0.2) is 0 Å². The van der Waals surface area contributed by atoms with Crippen molar-refractivity contribution in [2.75, 3.05) is 18.2 Å². The fourth-order valence-electron chi connectivity index (χ4n) is 3.57. The molecule has 0 N–H and O–H groups in total. The number of imide groups is 1. The Balaban J connectivity index is 1.71. The maximum Gasteiger partial charge on any atom is 0.270 e. The van der Waals surface area contributed by atoms with Gasteiger partial charge in [0.25, 0.3) is 23.4 Å². The van der Waals surface area contributed by atoms with Gasteiger partial charge in [0.2, 0.25) is 0 Å². The number of fused-ring (bicyclic) bond motifs is 1. The second-order valence-electron chi connectivity index (χ2n) is 7.19. The summed E-state index contributed by atoms with van der Waals surface area (Å²) in [6.45, 7) is 1.95. The second kappa shape index (κ2) is 8.91. The van der Waals surface area contributed by atoms with Crippen LogP contribution in [-0.4, -0.2) is 40.8 Å². The van der Waals surface area contributed by atoms with Gasteiger partial charge in [-0.2, -0.15) is 0 Å². The summed E-state index contributed by atoms with van der Waals surface area (Å²) < 4.78 is 5.44. The summed E-state index contributed by atoms with van der Waals surface area (Å²) in [5.41, 5.74) is 0.725. The zero-order chi connectivity index (χ0) is 23.5. The molecule has 0 atom stereocenters. The average molecular weight is 445 g/mol. The number of carbonyl (C=O) groups is 3. The van der Waals surface area contributed by atoms with E-state index in [1.165, 1.54) is 23.1 Å². The summed E-state index contributed by atoms with van der Waals surface area (Å²) in [6, 6.07) is 18.3. The molecule has 33 heavy (non-hydrogen) atoms. The summed E-state index contributed by atoms with van der Waals surface area (Å²) in [5, 5.41) is 11.2. The molecule has 3 aromatic rings. The number of rotatable bonds is 7. The first kappa shape index (κ1) is 21.7. The Morgan fingerprint density at radius 1 is 0.970 bits per heavy atom. The number of nitrogens with zero attached hydrogens (tertiary/aromatic N) is 3. The van der Waals surface area contributed by atoms with Crippen LogP contribution in [0, 0.1) is 10.1 Å². The van der Waals surface area contributed by atoms with E-state index in [1.807, 2.05) is 6.92 Å². The van der Waals surface area contributed by atoms with Crippen molar-refractivity contribution >= 4 is 29.1 Å². The monoisotopic (exact) mass is 445 g/mol. The Kier molecular flexibility index (Phi) is 5.86. The molecule has 0 saturated carbocycles. The lowest BCUT2D eigenvalue weighted by Crippen LogP contribution is -2.44. The quantitative estimate of drug-likeness (QED) is 0.310. The predicted molar refractivity (Wildman–Crippen MR) is 119 cm³/mol. The first-order valence-electron chi connectivity index (χ1n) is 10.1. The van der Waals surface area contributed by atoms with Crippen molar-refractivity contribution in [2.45, 2.75) is 6.92 Å². The maximum absolute atomic E-state index is 13.4. The fraction of sp³-hybridized carbons (Fsp3) is 0.125. The van der Waals surface area contributed by atoms with Crippen LogP contribution in [0.15, 0.2) is 72.8 Å². The summed E-state index contributed by atoms with van der Waals surface area (Å²) >= 11 is 0. The molecule has 0 aliphatic carbocycles. The molecule has 4 rings (SSSR count). The molecular formula is C24H19N3O6. The van der Waals surface area contributed by atoms with Crippen LogP contribution < -0.4 is 9.64 Å². The van der Waals surface area contributed by atoms with E-state index in [1.54, 1.807) is 48.5 Å². The summed E-state index contributed by atoms with van der Waals surface area (Å²) in [4.78, 5) is 52.0. The van der Waals surface area contributed by atoms with Gasteiger partial charge in [-0.15, -0.1) is 0 Å². The smallest absolute Gasteiger partial charge is 0.270 e. The van der Waals surface area contributed by atoms with E-state index in [4.69, 9.17) is 4.74 Å². The van der Waals surface area contributed by atoms with Crippen molar-refractivity contribution in [1.29, 1.82) is 0 Å². The van der Waals surface area contributed by atoms with E-state index in [0.717, 1.165) is 11.0 Å². The highest BCUT2D eigenvalue weighted by Crippen LogP contribution is 2.27. The van der Waals surface area contributed by atoms with E-state index in [-0.39, 0.29) is 29.0 Å². The van der Waals surface area contributed by atoms with E-state index in [0.29, 0.717) is 18.0 Å². The van der Waals surface area contributed by atoms with E-state index >= 15 is 0 Å². The molecule has 1 aliphatic rings. The van der Waals surface area contributed by atoms with Crippen molar-refractivity contribution in [3.05, 3.63) is 99.6 Å². The minimum Gasteiger partial charge on any atom is -0.494 e. The third kappa shape index (κ3) is 4.16. The lowest BCUT2D eigenvalue weighted by molar-refractivity contribution is -0.384. The Morgan fingerprint density at radius 2 is 1.61 bits per heavy atom. The number of non-ortho nitro benzene ring substituents is 1. The highest BCUT2D eigenvalue weighted by Gasteiger charge is 2.37. The van der Waals surface area contributed by atoms with Crippen molar-refractivity contribution in [3.8, 4) is 5.75 Å². The van der Waals surface area contributed by atoms with Crippen LogP contribution in [0.2, 0.25) is 0 Å². The first-order chi connectivity index (χ1) is 15.9. The van der Waals surface area contributed by atoms with Gasteiger partial charge >= 0.3 is 0 Å². The highest BCUT2D eigenvalue weighted by molar-refractivity contribution is 6.22. The SMILES string of the molecule is CCOc1ccc(N(CN2C(=O)c3ccccc3C2=O)C(=O)c2cccc([N+](=O)[O-])c2)cc1. The van der Waals surface area contributed by atoms with Crippen LogP contribution in [0.1, 0.15) is 38.0 Å². The van der Waals surface area contributed by atoms with Gasteiger partial charge in [-0.1, -0.05) is 18.2 Å². The largest absolute Gasteiger partial charge is 0.494 e. The Bertz CT molecular complexity index is 1220.